The van der Waals surface area contributed by atoms with Gasteiger partial charge in [-0.15, -0.1) is 0 Å². The van der Waals surface area contributed by atoms with E-state index in [-0.39, 0.29) is 0 Å². The molecule has 366 valence electrons. The minimum atomic E-state index is -1.29. The fourth-order valence-corrected chi connectivity index (χ4v) is 8.50. The van der Waals surface area contributed by atoms with Crippen LogP contribution in [0.1, 0.15) is 284 Å². The summed E-state index contributed by atoms with van der Waals surface area (Å²) in [6.45, 7) is 4.05. The quantitative estimate of drug-likeness (QED) is 0.0309. The van der Waals surface area contributed by atoms with E-state index >= 15 is 0 Å². The van der Waals surface area contributed by atoms with Gasteiger partial charge in [0, 0.05) is 0 Å². The van der Waals surface area contributed by atoms with Crippen molar-refractivity contribution in [3.8, 4) is 0 Å². The van der Waals surface area contributed by atoms with E-state index in [1.54, 1.807) is 0 Å². The first-order chi connectivity index (χ1) is 30.5. The molecule has 0 heterocycles. The zero-order chi connectivity index (χ0) is 45.2. The molecular weight excluding hydrogens is 767 g/mol. The maximum absolute atomic E-state index is 12.5. The Balaban J connectivity index is 3.67. The van der Waals surface area contributed by atoms with Crippen molar-refractivity contribution in [2.75, 3.05) is 6.61 Å². The maximum atomic E-state index is 12.5. The molecule has 0 aromatic carbocycles. The van der Waals surface area contributed by atoms with E-state index in [0.717, 1.165) is 51.4 Å². The number of amides is 1. The number of aliphatic hydroxyl groups is 4. The third kappa shape index (κ3) is 43.8. The minimum absolute atomic E-state index is 0.361. The average Bonchev–Trinajstić information content (AvgIpc) is 3.28. The number of carbonyl (C=O) groups is 1. The summed E-state index contributed by atoms with van der Waals surface area (Å²) in [5, 5.41) is 43.8. The van der Waals surface area contributed by atoms with E-state index in [2.05, 4.69) is 55.6 Å². The largest absolute Gasteiger partial charge is 0.394 e. The van der Waals surface area contributed by atoms with Gasteiger partial charge in [0.2, 0.25) is 5.91 Å². The van der Waals surface area contributed by atoms with E-state index in [9.17, 15) is 25.2 Å². The van der Waals surface area contributed by atoms with Crippen LogP contribution in [0.3, 0.4) is 0 Å². The number of hydrogen-bond acceptors (Lipinski definition) is 5. The van der Waals surface area contributed by atoms with E-state index in [1.165, 1.54) is 199 Å². The van der Waals surface area contributed by atoms with Gasteiger partial charge >= 0.3 is 0 Å². The summed E-state index contributed by atoms with van der Waals surface area (Å²) in [5.41, 5.74) is 0. The highest BCUT2D eigenvalue weighted by Gasteiger charge is 2.28. The Morgan fingerprint density at radius 3 is 1.02 bits per heavy atom. The van der Waals surface area contributed by atoms with Crippen molar-refractivity contribution >= 4 is 5.91 Å². The minimum Gasteiger partial charge on any atom is -0.394 e. The van der Waals surface area contributed by atoms with Crippen LogP contribution < -0.4 is 5.32 Å². The van der Waals surface area contributed by atoms with E-state index in [1.807, 2.05) is 0 Å². The number of aliphatic hydroxyl groups excluding tert-OH is 4. The summed E-state index contributed by atoms with van der Waals surface area (Å²) < 4.78 is 0. The fraction of sp³-hybridized carbons (Fsp3) is 0.875. The molecule has 0 radical (unpaired) electrons. The molecule has 0 saturated carbocycles. The predicted octanol–water partition coefficient (Wildman–Crippen LogP) is 15.6. The smallest absolute Gasteiger partial charge is 0.249 e. The third-order valence-electron chi connectivity index (χ3n) is 12.8. The van der Waals surface area contributed by atoms with Gasteiger partial charge in [-0.05, 0) is 64.2 Å². The molecule has 0 aromatic rings. The molecule has 0 spiro atoms. The zero-order valence-corrected chi connectivity index (χ0v) is 41.4. The van der Waals surface area contributed by atoms with Crippen molar-refractivity contribution in [1.82, 2.24) is 5.32 Å². The van der Waals surface area contributed by atoms with Crippen LogP contribution in [0.5, 0.6) is 0 Å². The molecule has 4 unspecified atom stereocenters. The summed E-state index contributed by atoms with van der Waals surface area (Å²) in [6.07, 6.45) is 62.2. The molecule has 6 nitrogen and oxygen atoms in total. The van der Waals surface area contributed by atoms with Crippen molar-refractivity contribution in [3.05, 3.63) is 36.5 Å². The number of unbranched alkanes of at least 4 members (excludes halogenated alkanes) is 35. The first-order valence-electron chi connectivity index (χ1n) is 27.4. The van der Waals surface area contributed by atoms with Crippen molar-refractivity contribution in [2.45, 2.75) is 308 Å². The summed E-state index contributed by atoms with van der Waals surface area (Å²) in [6, 6.07) is -1.01. The van der Waals surface area contributed by atoms with E-state index in [4.69, 9.17) is 0 Å². The Labute approximate surface area is 386 Å². The van der Waals surface area contributed by atoms with Gasteiger partial charge < -0.3 is 25.7 Å². The molecule has 0 aromatic heterocycles. The molecule has 0 fully saturated rings. The second-order valence-corrected chi connectivity index (χ2v) is 18.9. The topological polar surface area (TPSA) is 110 Å². The van der Waals surface area contributed by atoms with Crippen molar-refractivity contribution in [1.29, 1.82) is 0 Å². The van der Waals surface area contributed by atoms with E-state index in [0.29, 0.717) is 19.3 Å². The Morgan fingerprint density at radius 2 is 0.677 bits per heavy atom. The molecule has 62 heavy (non-hydrogen) atoms. The van der Waals surface area contributed by atoms with Crippen LogP contribution in [0.25, 0.3) is 0 Å². The number of rotatable bonds is 50. The van der Waals surface area contributed by atoms with Crippen LogP contribution in [0.4, 0.5) is 0 Å². The molecule has 0 rings (SSSR count). The Morgan fingerprint density at radius 1 is 0.387 bits per heavy atom. The zero-order valence-electron chi connectivity index (χ0n) is 41.4. The SMILES string of the molecule is CCCCCCCCCCCCCCCCCCCCC/C=C/CC/C=C/CC/C=C/CCCC(O)C(O)C(CO)NC(=O)C(O)CCCCCCCCCCCCCCCC. The lowest BCUT2D eigenvalue weighted by Gasteiger charge is -2.27. The molecule has 4 atom stereocenters. The lowest BCUT2D eigenvalue weighted by atomic mass is 10.00. The van der Waals surface area contributed by atoms with Gasteiger partial charge in [0.1, 0.15) is 12.2 Å². The highest BCUT2D eigenvalue weighted by Crippen LogP contribution is 2.17. The third-order valence-corrected chi connectivity index (χ3v) is 12.8. The van der Waals surface area contributed by atoms with Crippen LogP contribution in [-0.2, 0) is 4.79 Å². The van der Waals surface area contributed by atoms with Crippen molar-refractivity contribution in [3.63, 3.8) is 0 Å². The molecule has 0 bridgehead atoms. The maximum Gasteiger partial charge on any atom is 0.249 e. The highest BCUT2D eigenvalue weighted by molar-refractivity contribution is 5.80. The lowest BCUT2D eigenvalue weighted by molar-refractivity contribution is -0.132. The van der Waals surface area contributed by atoms with Gasteiger partial charge in [-0.1, -0.05) is 256 Å². The molecular formula is C56H107NO5. The van der Waals surface area contributed by atoms with Crippen LogP contribution in [-0.4, -0.2) is 57.3 Å². The second-order valence-electron chi connectivity index (χ2n) is 18.9. The van der Waals surface area contributed by atoms with Gasteiger partial charge in [-0.25, -0.2) is 0 Å². The normalized spacial score (nSPS) is 14.1. The van der Waals surface area contributed by atoms with Crippen LogP contribution in [0.2, 0.25) is 0 Å². The van der Waals surface area contributed by atoms with Gasteiger partial charge in [0.25, 0.3) is 0 Å². The summed E-state index contributed by atoms with van der Waals surface area (Å²) >= 11 is 0. The van der Waals surface area contributed by atoms with Crippen LogP contribution >= 0.6 is 0 Å². The highest BCUT2D eigenvalue weighted by atomic mass is 16.3. The molecule has 0 saturated heterocycles. The van der Waals surface area contributed by atoms with Crippen molar-refractivity contribution in [2.24, 2.45) is 0 Å². The molecule has 5 N–H and O–H groups in total. The molecule has 0 aliphatic heterocycles. The summed E-state index contributed by atoms with van der Waals surface area (Å²) in [5.74, 6) is -0.598. The summed E-state index contributed by atoms with van der Waals surface area (Å²) in [7, 11) is 0. The summed E-state index contributed by atoms with van der Waals surface area (Å²) in [4.78, 5) is 12.5. The standard InChI is InChI=1S/C56H107NO5/c1-3-5-7-9-11-13-15-17-19-20-21-22-23-24-25-26-27-28-29-30-31-32-33-34-35-36-38-39-41-43-45-47-49-53(59)55(61)52(51-58)57-56(62)54(60)50-48-46-44-42-40-37-18-16-14-12-10-8-6-4-2/h31-32,35-36,41,43,52-55,58-61H,3-30,33-34,37-40,42,44-51H2,1-2H3,(H,57,62)/b32-31+,36-35+,43-41+. The van der Waals surface area contributed by atoms with Gasteiger partial charge in [-0.3, -0.25) is 4.79 Å². The Kier molecular flexibility index (Phi) is 49.3. The second kappa shape index (κ2) is 50.5. The van der Waals surface area contributed by atoms with Crippen molar-refractivity contribution < 1.29 is 25.2 Å². The fourth-order valence-electron chi connectivity index (χ4n) is 8.50. The molecule has 0 aliphatic carbocycles. The molecule has 1 amide bonds. The van der Waals surface area contributed by atoms with Crippen LogP contribution in [0, 0.1) is 0 Å². The van der Waals surface area contributed by atoms with Crippen LogP contribution in [0.15, 0.2) is 36.5 Å². The lowest BCUT2D eigenvalue weighted by Crippen LogP contribution is -2.53. The van der Waals surface area contributed by atoms with Gasteiger partial charge in [-0.2, -0.15) is 0 Å². The Hall–Kier alpha value is -1.47. The molecule has 6 heteroatoms. The first kappa shape index (κ1) is 60.5. The molecule has 0 aliphatic rings. The number of carbonyl (C=O) groups excluding carboxylic acids is 1. The van der Waals surface area contributed by atoms with Gasteiger partial charge in [0.05, 0.1) is 18.8 Å². The average molecular weight is 874 g/mol. The number of allylic oxidation sites excluding steroid dienone is 6. The van der Waals surface area contributed by atoms with Gasteiger partial charge in [0.15, 0.2) is 0 Å². The first-order valence-corrected chi connectivity index (χ1v) is 27.4. The Bertz CT molecular complexity index is 981. The van der Waals surface area contributed by atoms with E-state index < -0.39 is 36.9 Å². The number of nitrogens with one attached hydrogen (secondary N) is 1. The monoisotopic (exact) mass is 874 g/mol. The number of hydrogen-bond donors (Lipinski definition) is 5. The predicted molar refractivity (Wildman–Crippen MR) is 270 cm³/mol.